The summed E-state index contributed by atoms with van der Waals surface area (Å²) in [7, 11) is -3.41. The molecule has 0 aliphatic carbocycles. The molecule has 0 saturated carbocycles. The molecule has 0 radical (unpaired) electrons. The number of amides is 1. The van der Waals surface area contributed by atoms with Gasteiger partial charge in [0.05, 0.1) is 5.75 Å². The smallest absolute Gasteiger partial charge is 0.223 e. The molecule has 174 valence electrons. The number of rotatable bonds is 9. The number of hydrogen-bond donors (Lipinski definition) is 1. The molecule has 1 fully saturated rings. The van der Waals surface area contributed by atoms with E-state index >= 15 is 0 Å². The number of benzene rings is 2. The summed E-state index contributed by atoms with van der Waals surface area (Å²) in [6, 6.07) is 15.1. The molecular weight excluding hydrogens is 446 g/mol. The highest BCUT2D eigenvalue weighted by atomic mass is 35.5. The van der Waals surface area contributed by atoms with Gasteiger partial charge in [0.25, 0.3) is 0 Å². The van der Waals surface area contributed by atoms with Crippen LogP contribution < -0.4 is 10.2 Å². The minimum Gasteiger partial charge on any atom is -0.372 e. The van der Waals surface area contributed by atoms with Gasteiger partial charge in [-0.25, -0.2) is 12.7 Å². The number of halogens is 1. The number of piperidine rings is 1. The van der Waals surface area contributed by atoms with Gasteiger partial charge >= 0.3 is 0 Å². The van der Waals surface area contributed by atoms with E-state index in [1.165, 1.54) is 9.99 Å². The van der Waals surface area contributed by atoms with Crippen molar-refractivity contribution in [1.29, 1.82) is 0 Å². The van der Waals surface area contributed by atoms with Crippen molar-refractivity contribution in [3.05, 3.63) is 64.7 Å². The van der Waals surface area contributed by atoms with E-state index in [0.717, 1.165) is 18.7 Å². The monoisotopic (exact) mass is 477 g/mol. The highest BCUT2D eigenvalue weighted by Gasteiger charge is 2.31. The largest absolute Gasteiger partial charge is 0.372 e. The zero-order chi connectivity index (χ0) is 23.1. The molecule has 1 amide bonds. The Balaban J connectivity index is 1.47. The Morgan fingerprint density at radius 2 is 1.56 bits per heavy atom. The van der Waals surface area contributed by atoms with Gasteiger partial charge in [-0.1, -0.05) is 35.9 Å². The van der Waals surface area contributed by atoms with Gasteiger partial charge < -0.3 is 10.2 Å². The van der Waals surface area contributed by atoms with E-state index in [1.807, 2.05) is 12.1 Å². The quantitative estimate of drug-likeness (QED) is 0.591. The number of anilines is 1. The lowest BCUT2D eigenvalue weighted by atomic mass is 9.97. The molecule has 2 aromatic rings. The average molecular weight is 478 g/mol. The Labute approximate surface area is 196 Å². The van der Waals surface area contributed by atoms with Crippen molar-refractivity contribution < 1.29 is 13.2 Å². The predicted molar refractivity (Wildman–Crippen MR) is 130 cm³/mol. The molecule has 0 bridgehead atoms. The summed E-state index contributed by atoms with van der Waals surface area (Å²) in [5.74, 6) is -0.218. The first-order chi connectivity index (χ1) is 15.3. The van der Waals surface area contributed by atoms with E-state index < -0.39 is 10.0 Å². The van der Waals surface area contributed by atoms with Crippen LogP contribution in [-0.2, 0) is 27.1 Å². The number of sulfonamides is 1. The van der Waals surface area contributed by atoms with Crippen molar-refractivity contribution in [2.75, 3.05) is 31.1 Å². The number of nitrogens with one attached hydrogen (secondary N) is 1. The number of nitrogens with zero attached hydrogens (tertiary/aromatic N) is 2. The molecule has 0 aromatic heterocycles. The fourth-order valence-corrected chi connectivity index (χ4v) is 5.71. The average Bonchev–Trinajstić information content (AvgIpc) is 2.80. The predicted octanol–water partition coefficient (Wildman–Crippen LogP) is 4.04. The molecule has 1 aliphatic heterocycles. The maximum Gasteiger partial charge on any atom is 0.223 e. The van der Waals surface area contributed by atoms with Gasteiger partial charge in [-0.2, -0.15) is 0 Å². The second kappa shape index (κ2) is 11.2. The Morgan fingerprint density at radius 3 is 2.12 bits per heavy atom. The molecule has 1 saturated heterocycles. The number of hydrogen-bond acceptors (Lipinski definition) is 4. The highest BCUT2D eigenvalue weighted by Crippen LogP contribution is 2.23. The Hall–Kier alpha value is -2.09. The van der Waals surface area contributed by atoms with E-state index in [1.54, 1.807) is 24.3 Å². The molecule has 8 heteroatoms. The lowest BCUT2D eigenvalue weighted by molar-refractivity contribution is -0.126. The minimum absolute atomic E-state index is 0.00688. The van der Waals surface area contributed by atoms with Gasteiger partial charge in [0, 0.05) is 49.4 Å². The van der Waals surface area contributed by atoms with Crippen molar-refractivity contribution in [3.63, 3.8) is 0 Å². The van der Waals surface area contributed by atoms with Crippen LogP contribution in [0.3, 0.4) is 0 Å². The number of carbonyl (C=O) groups is 1. The van der Waals surface area contributed by atoms with Crippen LogP contribution in [0.1, 0.15) is 37.8 Å². The molecule has 1 N–H and O–H groups in total. The molecule has 0 atom stereocenters. The van der Waals surface area contributed by atoms with Gasteiger partial charge in [0.1, 0.15) is 0 Å². The normalized spacial score (nSPS) is 15.5. The van der Waals surface area contributed by atoms with E-state index in [-0.39, 0.29) is 17.6 Å². The first kappa shape index (κ1) is 24.6. The summed E-state index contributed by atoms with van der Waals surface area (Å²) >= 11 is 5.87. The maximum atomic E-state index is 12.7. The Bertz CT molecular complexity index is 982. The summed E-state index contributed by atoms with van der Waals surface area (Å²) in [6.45, 7) is 7.39. The zero-order valence-corrected chi connectivity index (χ0v) is 20.3. The van der Waals surface area contributed by atoms with Crippen molar-refractivity contribution in [3.8, 4) is 0 Å². The third-order valence-corrected chi connectivity index (χ3v) is 8.11. The third-order valence-electron chi connectivity index (χ3n) is 6.01. The van der Waals surface area contributed by atoms with E-state index in [2.05, 4.69) is 36.2 Å². The fraction of sp³-hybridized carbons (Fsp3) is 0.458. The molecule has 1 aliphatic rings. The molecular formula is C24H32ClN3O3S. The van der Waals surface area contributed by atoms with Crippen LogP contribution in [-0.4, -0.2) is 44.8 Å². The molecule has 1 heterocycles. The summed E-state index contributed by atoms with van der Waals surface area (Å²) in [5.41, 5.74) is 2.94. The van der Waals surface area contributed by atoms with E-state index in [9.17, 15) is 13.2 Å². The second-order valence-electron chi connectivity index (χ2n) is 8.11. The van der Waals surface area contributed by atoms with Crippen LogP contribution >= 0.6 is 11.6 Å². The lowest BCUT2D eigenvalue weighted by Crippen LogP contribution is -2.43. The van der Waals surface area contributed by atoms with Gasteiger partial charge in [-0.15, -0.1) is 0 Å². The van der Waals surface area contributed by atoms with Gasteiger partial charge in [-0.3, -0.25) is 4.79 Å². The minimum atomic E-state index is -3.41. The van der Waals surface area contributed by atoms with Crippen molar-refractivity contribution >= 4 is 33.2 Å². The standard InChI is InChI=1S/C24H32ClN3O3S/c1-3-27(4-2)23-11-7-19(8-12-23)17-26-24(29)21-13-15-28(16-14-21)32(30,31)18-20-5-9-22(25)10-6-20/h5-12,21H,3-4,13-18H2,1-2H3,(H,26,29). The first-order valence-corrected chi connectivity index (χ1v) is 13.1. The second-order valence-corrected chi connectivity index (χ2v) is 10.5. The topological polar surface area (TPSA) is 69.7 Å². The van der Waals surface area contributed by atoms with Crippen molar-refractivity contribution in [1.82, 2.24) is 9.62 Å². The lowest BCUT2D eigenvalue weighted by Gasteiger charge is -2.30. The molecule has 0 spiro atoms. The van der Waals surface area contributed by atoms with Gasteiger partial charge in [-0.05, 0) is 62.1 Å². The number of carbonyl (C=O) groups excluding carboxylic acids is 1. The molecule has 0 unspecified atom stereocenters. The van der Waals surface area contributed by atoms with Crippen molar-refractivity contribution in [2.24, 2.45) is 5.92 Å². The fourth-order valence-electron chi connectivity index (χ4n) is 4.03. The molecule has 3 rings (SSSR count). The summed E-state index contributed by atoms with van der Waals surface area (Å²) in [5, 5.41) is 3.59. The van der Waals surface area contributed by atoms with E-state index in [4.69, 9.17) is 11.6 Å². The first-order valence-electron chi connectivity index (χ1n) is 11.2. The summed E-state index contributed by atoms with van der Waals surface area (Å²) in [6.07, 6.45) is 1.07. The maximum absolute atomic E-state index is 12.7. The SMILES string of the molecule is CCN(CC)c1ccc(CNC(=O)C2CCN(S(=O)(=O)Cc3ccc(Cl)cc3)CC2)cc1. The third kappa shape index (κ3) is 6.47. The zero-order valence-electron chi connectivity index (χ0n) is 18.8. The Kier molecular flexibility index (Phi) is 8.57. The Morgan fingerprint density at radius 1 is 1.00 bits per heavy atom. The van der Waals surface area contributed by atoms with Gasteiger partial charge in [0.15, 0.2) is 0 Å². The van der Waals surface area contributed by atoms with Crippen LogP contribution in [0, 0.1) is 5.92 Å². The van der Waals surface area contributed by atoms with Crippen molar-refractivity contribution in [2.45, 2.75) is 39.0 Å². The molecule has 6 nitrogen and oxygen atoms in total. The van der Waals surface area contributed by atoms with E-state index in [0.29, 0.717) is 43.1 Å². The molecule has 32 heavy (non-hydrogen) atoms. The van der Waals surface area contributed by atoms with Crippen LogP contribution in [0.15, 0.2) is 48.5 Å². The van der Waals surface area contributed by atoms with Crippen LogP contribution in [0.2, 0.25) is 5.02 Å². The highest BCUT2D eigenvalue weighted by molar-refractivity contribution is 7.88. The summed E-state index contributed by atoms with van der Waals surface area (Å²) in [4.78, 5) is 14.9. The van der Waals surface area contributed by atoms with Crippen LogP contribution in [0.25, 0.3) is 0 Å². The molecule has 2 aromatic carbocycles. The van der Waals surface area contributed by atoms with Gasteiger partial charge in [0.2, 0.25) is 15.9 Å². The van der Waals surface area contributed by atoms with Crippen LogP contribution in [0.5, 0.6) is 0 Å². The summed E-state index contributed by atoms with van der Waals surface area (Å²) < 4.78 is 27.0. The van der Waals surface area contributed by atoms with Crippen LogP contribution in [0.4, 0.5) is 5.69 Å².